The molecule has 1 amide bonds. The maximum Gasteiger partial charge on any atom is 0.225 e. The highest BCUT2D eigenvalue weighted by Gasteiger charge is 2.28. The molecular formula is C18H18ClNO3S. The molecule has 0 aliphatic carbocycles. The lowest BCUT2D eigenvalue weighted by Crippen LogP contribution is -2.38. The van der Waals surface area contributed by atoms with Crippen LogP contribution < -0.4 is 10.1 Å². The van der Waals surface area contributed by atoms with Crippen LogP contribution in [0.5, 0.6) is 5.75 Å². The predicted octanol–water partition coefficient (Wildman–Crippen LogP) is 3.52. The van der Waals surface area contributed by atoms with E-state index >= 15 is 0 Å². The van der Waals surface area contributed by atoms with Crippen molar-refractivity contribution < 1.29 is 14.3 Å². The molecule has 1 N–H and O–H groups in total. The van der Waals surface area contributed by atoms with Crippen LogP contribution in [0, 0.1) is 5.92 Å². The minimum atomic E-state index is -0.0681. The van der Waals surface area contributed by atoms with Gasteiger partial charge in [-0.15, -0.1) is 0 Å². The maximum atomic E-state index is 12.1. The van der Waals surface area contributed by atoms with Crippen LogP contribution in [0.1, 0.15) is 12.0 Å². The molecule has 2 atom stereocenters. The highest BCUT2D eigenvalue weighted by atomic mass is 35.5. The summed E-state index contributed by atoms with van der Waals surface area (Å²) in [5.74, 6) is 0.777. The summed E-state index contributed by atoms with van der Waals surface area (Å²) in [5, 5.41) is 7.77. The first-order chi connectivity index (χ1) is 11.7. The Kier molecular flexibility index (Phi) is 4.48. The molecule has 0 bridgehead atoms. The largest absolute Gasteiger partial charge is 0.486 e. The summed E-state index contributed by atoms with van der Waals surface area (Å²) in [6.07, 6.45) is 1.49. The summed E-state index contributed by atoms with van der Waals surface area (Å²) in [4.78, 5) is 12.1. The zero-order valence-electron chi connectivity index (χ0n) is 13.1. The fraction of sp³-hybridized carbons (Fsp3) is 0.389. The zero-order chi connectivity index (χ0) is 16.5. The van der Waals surface area contributed by atoms with E-state index in [0.29, 0.717) is 24.8 Å². The van der Waals surface area contributed by atoms with Crippen LogP contribution in [0.2, 0.25) is 5.02 Å². The minimum Gasteiger partial charge on any atom is -0.486 e. The second kappa shape index (κ2) is 6.75. The van der Waals surface area contributed by atoms with Gasteiger partial charge < -0.3 is 14.8 Å². The number of thiophene rings is 1. The first-order valence-corrected chi connectivity index (χ1v) is 9.40. The minimum absolute atomic E-state index is 0.0254. The number of nitrogens with one attached hydrogen (secondary N) is 1. The molecule has 2 aromatic rings. The zero-order valence-corrected chi connectivity index (χ0v) is 14.7. The lowest BCUT2D eigenvalue weighted by Gasteiger charge is -2.14. The summed E-state index contributed by atoms with van der Waals surface area (Å²) < 4.78 is 11.2. The van der Waals surface area contributed by atoms with Gasteiger partial charge in [-0.2, -0.15) is 11.3 Å². The number of carbonyl (C=O) groups excluding carboxylic acids is 1. The number of hydrogen-bond donors (Lipinski definition) is 1. The first kappa shape index (κ1) is 15.9. The lowest BCUT2D eigenvalue weighted by molar-refractivity contribution is -0.125. The molecule has 4 rings (SSSR count). The topological polar surface area (TPSA) is 47.6 Å². The van der Waals surface area contributed by atoms with E-state index in [-0.39, 0.29) is 17.9 Å². The number of fused-ring (bicyclic) bond motifs is 1. The molecular weight excluding hydrogens is 346 g/mol. The van der Waals surface area contributed by atoms with Crippen LogP contribution >= 0.6 is 22.9 Å². The second-order valence-corrected chi connectivity index (χ2v) is 7.40. The van der Waals surface area contributed by atoms with Crippen LogP contribution in [-0.2, 0) is 16.0 Å². The molecule has 24 heavy (non-hydrogen) atoms. The second-order valence-electron chi connectivity index (χ2n) is 6.21. The smallest absolute Gasteiger partial charge is 0.225 e. The third-order valence-electron chi connectivity index (χ3n) is 4.51. The van der Waals surface area contributed by atoms with Gasteiger partial charge in [-0.25, -0.2) is 0 Å². The van der Waals surface area contributed by atoms with Crippen LogP contribution in [-0.4, -0.2) is 31.8 Å². The Morgan fingerprint density at radius 2 is 2.29 bits per heavy atom. The number of carbonyl (C=O) groups is 1. The van der Waals surface area contributed by atoms with Gasteiger partial charge in [-0.05, 0) is 46.5 Å². The maximum absolute atomic E-state index is 12.1. The third kappa shape index (κ3) is 3.16. The summed E-state index contributed by atoms with van der Waals surface area (Å²) >= 11 is 8.06. The quantitative estimate of drug-likeness (QED) is 0.904. The molecule has 2 unspecified atom stereocenters. The van der Waals surface area contributed by atoms with E-state index in [1.165, 1.54) is 5.56 Å². The van der Waals surface area contributed by atoms with Gasteiger partial charge in [0.1, 0.15) is 11.9 Å². The van der Waals surface area contributed by atoms with Crippen molar-refractivity contribution in [2.24, 2.45) is 5.92 Å². The summed E-state index contributed by atoms with van der Waals surface area (Å²) in [6, 6.07) is 6.16. The number of halogens is 1. The number of rotatable bonds is 4. The van der Waals surface area contributed by atoms with Crippen LogP contribution in [0.4, 0.5) is 0 Å². The number of amides is 1. The van der Waals surface area contributed by atoms with Crippen LogP contribution in [0.25, 0.3) is 11.1 Å². The molecule has 3 heterocycles. The Morgan fingerprint density at radius 1 is 1.38 bits per heavy atom. The highest BCUT2D eigenvalue weighted by Crippen LogP contribution is 2.39. The molecule has 0 spiro atoms. The van der Waals surface area contributed by atoms with Gasteiger partial charge >= 0.3 is 0 Å². The molecule has 1 saturated heterocycles. The molecule has 0 radical (unpaired) electrons. The van der Waals surface area contributed by atoms with Gasteiger partial charge in [0.15, 0.2) is 0 Å². The van der Waals surface area contributed by atoms with E-state index in [1.807, 2.05) is 6.07 Å². The fourth-order valence-corrected chi connectivity index (χ4v) is 4.15. The van der Waals surface area contributed by atoms with Gasteiger partial charge in [-0.1, -0.05) is 11.6 Å². The average Bonchev–Trinajstić information content (AvgIpc) is 3.32. The summed E-state index contributed by atoms with van der Waals surface area (Å²) in [7, 11) is 0. The SMILES string of the molecule is O=C(NCC1Cc2cc(-c3ccsc3)cc(Cl)c2O1)C1CCOC1. The van der Waals surface area contributed by atoms with E-state index in [0.717, 1.165) is 29.7 Å². The summed E-state index contributed by atoms with van der Waals surface area (Å²) in [5.41, 5.74) is 3.38. The fourth-order valence-electron chi connectivity index (χ4n) is 3.20. The molecule has 126 valence electrons. The normalized spacial score (nSPS) is 22.2. The Balaban J connectivity index is 1.42. The highest BCUT2D eigenvalue weighted by molar-refractivity contribution is 7.08. The Labute approximate surface area is 149 Å². The third-order valence-corrected chi connectivity index (χ3v) is 5.48. The first-order valence-electron chi connectivity index (χ1n) is 8.08. The molecule has 1 aromatic heterocycles. The van der Waals surface area contributed by atoms with Crippen molar-refractivity contribution >= 4 is 28.8 Å². The van der Waals surface area contributed by atoms with Crippen molar-refractivity contribution in [2.75, 3.05) is 19.8 Å². The standard InChI is InChI=1S/C18H18ClNO3S/c19-16-7-13(12-2-4-24-10-12)5-14-6-15(23-17(14)16)8-20-18(21)11-1-3-22-9-11/h2,4-5,7,10-11,15H,1,3,6,8-9H2,(H,20,21). The predicted molar refractivity (Wildman–Crippen MR) is 94.8 cm³/mol. The molecule has 1 aromatic carbocycles. The molecule has 2 aliphatic heterocycles. The van der Waals surface area contributed by atoms with E-state index in [2.05, 4.69) is 28.2 Å². The Hall–Kier alpha value is -1.56. The van der Waals surface area contributed by atoms with Crippen molar-refractivity contribution in [3.8, 4) is 16.9 Å². The van der Waals surface area contributed by atoms with E-state index in [9.17, 15) is 4.79 Å². The van der Waals surface area contributed by atoms with E-state index in [1.54, 1.807) is 11.3 Å². The molecule has 2 aliphatic rings. The number of benzene rings is 1. The summed E-state index contributed by atoms with van der Waals surface area (Å²) in [6.45, 7) is 1.69. The van der Waals surface area contributed by atoms with Crippen molar-refractivity contribution in [1.82, 2.24) is 5.32 Å². The van der Waals surface area contributed by atoms with Gasteiger partial charge in [-0.3, -0.25) is 4.79 Å². The molecule has 4 nitrogen and oxygen atoms in total. The van der Waals surface area contributed by atoms with Gasteiger partial charge in [0.2, 0.25) is 5.91 Å². The number of ether oxygens (including phenoxy) is 2. The molecule has 0 saturated carbocycles. The Bertz CT molecular complexity index is 741. The van der Waals surface area contributed by atoms with Gasteiger partial charge in [0.05, 0.1) is 24.1 Å². The van der Waals surface area contributed by atoms with Crippen molar-refractivity contribution in [3.63, 3.8) is 0 Å². The van der Waals surface area contributed by atoms with Gasteiger partial charge in [0.25, 0.3) is 0 Å². The van der Waals surface area contributed by atoms with Crippen molar-refractivity contribution in [1.29, 1.82) is 0 Å². The molecule has 1 fully saturated rings. The lowest BCUT2D eigenvalue weighted by atomic mass is 10.0. The van der Waals surface area contributed by atoms with Gasteiger partial charge in [0, 0.05) is 18.6 Å². The number of hydrogen-bond acceptors (Lipinski definition) is 4. The Morgan fingerprint density at radius 3 is 3.04 bits per heavy atom. The van der Waals surface area contributed by atoms with Crippen LogP contribution in [0.3, 0.4) is 0 Å². The van der Waals surface area contributed by atoms with Crippen molar-refractivity contribution in [2.45, 2.75) is 18.9 Å². The average molecular weight is 364 g/mol. The van der Waals surface area contributed by atoms with E-state index in [4.69, 9.17) is 21.1 Å². The molecule has 6 heteroatoms. The van der Waals surface area contributed by atoms with E-state index < -0.39 is 0 Å². The van der Waals surface area contributed by atoms with Crippen molar-refractivity contribution in [3.05, 3.63) is 39.5 Å². The monoisotopic (exact) mass is 363 g/mol. The van der Waals surface area contributed by atoms with Crippen LogP contribution in [0.15, 0.2) is 29.0 Å².